The lowest BCUT2D eigenvalue weighted by Gasteiger charge is -2.39. The Morgan fingerprint density at radius 3 is 1.90 bits per heavy atom. The predicted octanol–water partition coefficient (Wildman–Crippen LogP) is 4.31. The molecule has 2 atom stereocenters. The summed E-state index contributed by atoms with van der Waals surface area (Å²) in [4.78, 5) is 0. The fraction of sp³-hybridized carbons (Fsp3) is 0.625. The van der Waals surface area contributed by atoms with Crippen molar-refractivity contribution in [3.05, 3.63) is 35.9 Å². The van der Waals surface area contributed by atoms with Crippen LogP contribution in [0.25, 0.3) is 0 Å². The average Bonchev–Trinajstić information content (AvgIpc) is 2.46. The van der Waals surface area contributed by atoms with Gasteiger partial charge in [0.2, 0.25) is 0 Å². The zero-order valence-electron chi connectivity index (χ0n) is 14.0. The summed E-state index contributed by atoms with van der Waals surface area (Å²) in [5, 5.41) is -0.768. The Morgan fingerprint density at radius 2 is 1.52 bits per heavy atom. The second-order valence-corrected chi connectivity index (χ2v) is 12.3. The van der Waals surface area contributed by atoms with Gasteiger partial charge in [-0.05, 0) is 33.3 Å². The molecule has 0 unspecified atom stereocenters. The first-order valence-corrected chi connectivity index (χ1v) is 10.7. The molecule has 0 aromatic heterocycles. The minimum absolute atomic E-state index is 0.400. The zero-order chi connectivity index (χ0) is 16.3. The van der Waals surface area contributed by atoms with Crippen LogP contribution in [0.1, 0.15) is 47.1 Å². The highest BCUT2D eigenvalue weighted by molar-refractivity contribution is 7.85. The number of hydrogen-bond acceptors (Lipinski definition) is 2. The van der Waals surface area contributed by atoms with Gasteiger partial charge in [-0.1, -0.05) is 44.2 Å². The molecule has 5 heteroatoms. The lowest BCUT2D eigenvalue weighted by Crippen LogP contribution is -2.46. The molecule has 0 saturated carbocycles. The summed E-state index contributed by atoms with van der Waals surface area (Å²) in [6.07, 6.45) is 1.17. The first-order valence-electron chi connectivity index (χ1n) is 7.44. The Hall–Kier alpha value is -0.440. The van der Waals surface area contributed by atoms with E-state index in [1.165, 1.54) is 0 Å². The van der Waals surface area contributed by atoms with Crippen molar-refractivity contribution in [1.29, 1.82) is 0 Å². The van der Waals surface area contributed by atoms with Crippen molar-refractivity contribution < 1.29 is 8.77 Å². The Morgan fingerprint density at radius 1 is 1.05 bits per heavy atom. The molecule has 1 N–H and O–H groups in total. The third kappa shape index (κ3) is 3.85. The molecular weight excluding hydrogens is 301 g/mol. The molecular formula is C16H28NO2PS. The topological polar surface area (TPSA) is 46.2 Å². The Bertz CT molecular complexity index is 531. The first-order chi connectivity index (χ1) is 9.60. The van der Waals surface area contributed by atoms with Gasteiger partial charge in [0, 0.05) is 12.3 Å². The molecule has 0 amide bonds. The quantitative estimate of drug-likeness (QED) is 0.790. The van der Waals surface area contributed by atoms with Gasteiger partial charge in [-0.25, -0.2) is 8.93 Å². The van der Waals surface area contributed by atoms with Gasteiger partial charge >= 0.3 is 0 Å². The highest BCUT2D eigenvalue weighted by Gasteiger charge is 2.45. The van der Waals surface area contributed by atoms with Crippen LogP contribution in [0.15, 0.2) is 30.3 Å². The van der Waals surface area contributed by atoms with Crippen molar-refractivity contribution in [2.45, 2.75) is 51.6 Å². The van der Waals surface area contributed by atoms with Gasteiger partial charge in [-0.2, -0.15) is 0 Å². The van der Waals surface area contributed by atoms with Crippen LogP contribution < -0.4 is 4.72 Å². The van der Waals surface area contributed by atoms with E-state index < -0.39 is 28.2 Å². The third-order valence-corrected chi connectivity index (χ3v) is 9.92. The van der Waals surface area contributed by atoms with Gasteiger partial charge in [0.1, 0.15) is 12.4 Å². The largest absolute Gasteiger partial charge is 0.321 e. The Kier molecular flexibility index (Phi) is 5.99. The molecule has 3 nitrogen and oxygen atoms in total. The van der Waals surface area contributed by atoms with Gasteiger partial charge in [0.25, 0.3) is 0 Å². The van der Waals surface area contributed by atoms with E-state index >= 15 is 0 Å². The van der Waals surface area contributed by atoms with Crippen molar-refractivity contribution >= 4 is 18.1 Å². The summed E-state index contributed by atoms with van der Waals surface area (Å²) in [7, 11) is -3.83. The van der Waals surface area contributed by atoms with Crippen molar-refractivity contribution in [2.75, 3.05) is 12.3 Å². The van der Waals surface area contributed by atoms with Crippen molar-refractivity contribution in [2.24, 2.45) is 0 Å². The van der Waals surface area contributed by atoms with E-state index in [0.29, 0.717) is 12.3 Å². The highest BCUT2D eigenvalue weighted by atomic mass is 32.2. The number of nitrogens with one attached hydrogen (secondary N) is 1. The van der Waals surface area contributed by atoms with Gasteiger partial charge in [0.15, 0.2) is 0 Å². The summed E-state index contributed by atoms with van der Waals surface area (Å²) in [6.45, 7) is 11.6. The molecule has 0 radical (unpaired) electrons. The molecule has 0 spiro atoms. The van der Waals surface area contributed by atoms with Gasteiger partial charge in [-0.15, -0.1) is 0 Å². The molecule has 1 rings (SSSR count). The SMILES string of the molecule is CCP(=O)(CC)[C@@](C)(N[S@@](=O)C(C)(C)C)c1ccccc1. The van der Waals surface area contributed by atoms with E-state index in [9.17, 15) is 8.77 Å². The maximum Gasteiger partial charge on any atom is 0.111 e. The molecule has 0 aliphatic rings. The smallest absolute Gasteiger partial charge is 0.111 e. The minimum atomic E-state index is -2.55. The molecule has 0 saturated heterocycles. The Balaban J connectivity index is 3.38. The summed E-state index contributed by atoms with van der Waals surface area (Å²) < 4.78 is 28.9. The van der Waals surface area contributed by atoms with Crippen LogP contribution in [0.3, 0.4) is 0 Å². The van der Waals surface area contributed by atoms with Crippen LogP contribution in [-0.4, -0.2) is 21.3 Å². The summed E-state index contributed by atoms with van der Waals surface area (Å²) in [5.74, 6) is 0. The van der Waals surface area contributed by atoms with Crippen LogP contribution in [0.2, 0.25) is 0 Å². The average molecular weight is 329 g/mol. The maximum atomic E-state index is 13.4. The number of hydrogen-bond donors (Lipinski definition) is 1. The van der Waals surface area contributed by atoms with E-state index in [1.54, 1.807) is 0 Å². The molecule has 21 heavy (non-hydrogen) atoms. The predicted molar refractivity (Wildman–Crippen MR) is 93.5 cm³/mol. The van der Waals surface area contributed by atoms with Gasteiger partial charge < -0.3 is 4.57 Å². The first kappa shape index (κ1) is 18.6. The minimum Gasteiger partial charge on any atom is -0.321 e. The van der Waals surface area contributed by atoms with Gasteiger partial charge in [-0.3, -0.25) is 0 Å². The normalized spacial score (nSPS) is 17.2. The van der Waals surface area contributed by atoms with Crippen molar-refractivity contribution in [1.82, 2.24) is 4.72 Å². The maximum absolute atomic E-state index is 13.4. The molecule has 120 valence electrons. The number of rotatable bonds is 6. The number of benzene rings is 1. The molecule has 0 fully saturated rings. The molecule has 0 aliphatic heterocycles. The van der Waals surface area contributed by atoms with Crippen LogP contribution in [0.5, 0.6) is 0 Å². The van der Waals surface area contributed by atoms with Crippen molar-refractivity contribution in [3.63, 3.8) is 0 Å². The highest BCUT2D eigenvalue weighted by Crippen LogP contribution is 2.61. The van der Waals surface area contributed by atoms with E-state index in [4.69, 9.17) is 0 Å². The molecule has 0 bridgehead atoms. The molecule has 1 aromatic carbocycles. The summed E-state index contributed by atoms with van der Waals surface area (Å²) >= 11 is 0. The Labute approximate surface area is 131 Å². The van der Waals surface area contributed by atoms with E-state index in [1.807, 2.05) is 71.9 Å². The molecule has 0 aliphatic carbocycles. The van der Waals surface area contributed by atoms with E-state index in [2.05, 4.69) is 4.72 Å². The van der Waals surface area contributed by atoms with Crippen LogP contribution in [0.4, 0.5) is 0 Å². The lowest BCUT2D eigenvalue weighted by atomic mass is 10.1. The van der Waals surface area contributed by atoms with Crippen molar-refractivity contribution in [3.8, 4) is 0 Å². The third-order valence-electron chi connectivity index (χ3n) is 4.02. The zero-order valence-corrected chi connectivity index (χ0v) is 15.7. The standard InChI is InChI=1S/C16H28NO2PS/c1-7-20(18,8-2)16(6,14-12-10-9-11-13-14)17-21(19)15(3,4)5/h9-13,17H,7-8H2,1-6H3/t16-,21+/m1/s1. The lowest BCUT2D eigenvalue weighted by molar-refractivity contribution is 0.515. The molecule has 0 heterocycles. The molecule has 1 aromatic rings. The van der Waals surface area contributed by atoms with Crippen LogP contribution >= 0.6 is 7.14 Å². The van der Waals surface area contributed by atoms with Gasteiger partial charge in [0.05, 0.1) is 15.7 Å². The summed E-state index contributed by atoms with van der Waals surface area (Å²) in [5.41, 5.74) is 0.939. The van der Waals surface area contributed by atoms with E-state index in [0.717, 1.165) is 5.56 Å². The summed E-state index contributed by atoms with van der Waals surface area (Å²) in [6, 6.07) is 9.74. The van der Waals surface area contributed by atoms with Crippen LogP contribution in [0, 0.1) is 0 Å². The second kappa shape index (κ2) is 6.76. The fourth-order valence-electron chi connectivity index (χ4n) is 2.33. The second-order valence-electron chi connectivity index (χ2n) is 6.44. The van der Waals surface area contributed by atoms with E-state index in [-0.39, 0.29) is 0 Å². The monoisotopic (exact) mass is 329 g/mol. The van der Waals surface area contributed by atoms with Crippen LogP contribution in [-0.2, 0) is 20.8 Å². The fourth-order valence-corrected chi connectivity index (χ4v) is 6.36.